The minimum atomic E-state index is -0.492. The molecule has 0 aromatic carbocycles. The van der Waals surface area contributed by atoms with Crippen LogP contribution < -0.4 is 5.32 Å². The van der Waals surface area contributed by atoms with Crippen LogP contribution in [0.4, 0.5) is 0 Å². The first-order valence-corrected chi connectivity index (χ1v) is 4.92. The minimum absolute atomic E-state index is 0.189. The highest BCUT2D eigenvalue weighted by Gasteiger charge is 2.27. The van der Waals surface area contributed by atoms with E-state index in [0.29, 0.717) is 13.0 Å². The Morgan fingerprint density at radius 2 is 2.07 bits per heavy atom. The summed E-state index contributed by atoms with van der Waals surface area (Å²) in [5.74, 6) is -0.413. The van der Waals surface area contributed by atoms with Crippen LogP contribution in [0.15, 0.2) is 12.7 Å². The zero-order valence-corrected chi connectivity index (χ0v) is 9.63. The number of methoxy groups -OCH3 is 1. The number of hydrogen-bond acceptors (Lipinski definition) is 3. The summed E-state index contributed by atoms with van der Waals surface area (Å²) < 4.78 is 4.67. The van der Waals surface area contributed by atoms with Gasteiger partial charge in [0.05, 0.1) is 12.5 Å². The molecule has 86 valence electrons. The van der Waals surface area contributed by atoms with Crippen LogP contribution in [0, 0.1) is 5.41 Å². The van der Waals surface area contributed by atoms with Crippen LogP contribution in [0.5, 0.6) is 0 Å². The summed E-state index contributed by atoms with van der Waals surface area (Å²) in [5, 5.41) is 2.65. The Labute approximate surface area is 90.7 Å². The standard InChI is InChI=1S/C11H19NO3/c1-5-9(13)12-8-6-7-11(2,3)10(14)15-4/h5H,1,6-8H2,2-4H3,(H,12,13). The molecule has 0 aliphatic carbocycles. The Bertz CT molecular complexity index is 246. The van der Waals surface area contributed by atoms with Crippen LogP contribution in [-0.2, 0) is 14.3 Å². The Kier molecular flexibility index (Phi) is 5.67. The van der Waals surface area contributed by atoms with Gasteiger partial charge in [-0.2, -0.15) is 0 Å². The molecule has 15 heavy (non-hydrogen) atoms. The lowest BCUT2D eigenvalue weighted by atomic mass is 9.88. The molecule has 0 saturated carbocycles. The van der Waals surface area contributed by atoms with Gasteiger partial charge in [-0.15, -0.1) is 0 Å². The molecule has 0 aliphatic rings. The maximum atomic E-state index is 11.3. The molecule has 4 nitrogen and oxygen atoms in total. The highest BCUT2D eigenvalue weighted by Crippen LogP contribution is 2.23. The molecule has 0 aromatic rings. The zero-order chi connectivity index (χ0) is 11.9. The number of carbonyl (C=O) groups is 2. The SMILES string of the molecule is C=CC(=O)NCCCC(C)(C)C(=O)OC. The fraction of sp³-hybridized carbons (Fsp3) is 0.636. The lowest BCUT2D eigenvalue weighted by Gasteiger charge is -2.20. The van der Waals surface area contributed by atoms with Gasteiger partial charge >= 0.3 is 5.97 Å². The second-order valence-electron chi connectivity index (χ2n) is 3.97. The Morgan fingerprint density at radius 1 is 1.47 bits per heavy atom. The molecule has 0 aromatic heterocycles. The highest BCUT2D eigenvalue weighted by atomic mass is 16.5. The average Bonchev–Trinajstić information content (AvgIpc) is 2.22. The summed E-state index contributed by atoms with van der Waals surface area (Å²) in [6.45, 7) is 7.55. The first-order chi connectivity index (χ1) is 6.94. The second-order valence-corrected chi connectivity index (χ2v) is 3.97. The largest absolute Gasteiger partial charge is 0.469 e. The molecule has 1 N–H and O–H groups in total. The molecule has 0 heterocycles. The van der Waals surface area contributed by atoms with Crippen LogP contribution in [0.25, 0.3) is 0 Å². The van der Waals surface area contributed by atoms with Crippen molar-refractivity contribution in [1.29, 1.82) is 0 Å². The number of carbonyl (C=O) groups excluding carboxylic acids is 2. The molecule has 0 spiro atoms. The van der Waals surface area contributed by atoms with Gasteiger partial charge in [-0.1, -0.05) is 6.58 Å². The summed E-state index contributed by atoms with van der Waals surface area (Å²) >= 11 is 0. The molecule has 4 heteroatoms. The third-order valence-corrected chi connectivity index (χ3v) is 2.20. The van der Waals surface area contributed by atoms with Gasteiger partial charge in [0.2, 0.25) is 5.91 Å². The summed E-state index contributed by atoms with van der Waals surface area (Å²) in [6, 6.07) is 0. The lowest BCUT2D eigenvalue weighted by molar-refractivity contribution is -0.151. The summed E-state index contributed by atoms with van der Waals surface area (Å²) in [5.41, 5.74) is -0.492. The number of esters is 1. The first kappa shape index (κ1) is 13.7. The van der Waals surface area contributed by atoms with Gasteiger partial charge in [-0.3, -0.25) is 9.59 Å². The monoisotopic (exact) mass is 213 g/mol. The minimum Gasteiger partial charge on any atom is -0.469 e. The molecular formula is C11H19NO3. The molecule has 0 rings (SSSR count). The van der Waals surface area contributed by atoms with Crippen LogP contribution in [0.1, 0.15) is 26.7 Å². The second kappa shape index (κ2) is 6.22. The Morgan fingerprint density at radius 3 is 2.53 bits per heavy atom. The van der Waals surface area contributed by atoms with E-state index in [0.717, 1.165) is 6.42 Å². The lowest BCUT2D eigenvalue weighted by Crippen LogP contribution is -2.28. The first-order valence-electron chi connectivity index (χ1n) is 4.92. The average molecular weight is 213 g/mol. The quantitative estimate of drug-likeness (QED) is 0.410. The third kappa shape index (κ3) is 5.20. The van der Waals surface area contributed by atoms with Crippen molar-refractivity contribution in [2.45, 2.75) is 26.7 Å². The fourth-order valence-electron chi connectivity index (χ4n) is 1.19. The van der Waals surface area contributed by atoms with E-state index in [1.54, 1.807) is 0 Å². The molecule has 0 saturated heterocycles. The Balaban J connectivity index is 3.80. The number of nitrogens with one attached hydrogen (secondary N) is 1. The van der Waals surface area contributed by atoms with Crippen molar-refractivity contribution in [3.8, 4) is 0 Å². The van der Waals surface area contributed by atoms with Gasteiger partial charge < -0.3 is 10.1 Å². The summed E-state index contributed by atoms with van der Waals surface area (Å²) in [6.07, 6.45) is 2.64. The van der Waals surface area contributed by atoms with Crippen LogP contribution in [0.2, 0.25) is 0 Å². The van der Waals surface area contributed by atoms with Gasteiger partial charge in [0.25, 0.3) is 0 Å². The molecule has 0 radical (unpaired) electrons. The predicted molar refractivity (Wildman–Crippen MR) is 58.2 cm³/mol. The van der Waals surface area contributed by atoms with E-state index in [4.69, 9.17) is 0 Å². The van der Waals surface area contributed by atoms with E-state index in [9.17, 15) is 9.59 Å². The fourth-order valence-corrected chi connectivity index (χ4v) is 1.19. The molecule has 1 amide bonds. The van der Waals surface area contributed by atoms with E-state index in [-0.39, 0.29) is 11.9 Å². The zero-order valence-electron chi connectivity index (χ0n) is 9.63. The maximum Gasteiger partial charge on any atom is 0.311 e. The van der Waals surface area contributed by atoms with Crippen LogP contribution >= 0.6 is 0 Å². The van der Waals surface area contributed by atoms with Crippen molar-refractivity contribution in [1.82, 2.24) is 5.32 Å². The smallest absolute Gasteiger partial charge is 0.311 e. The normalized spacial score (nSPS) is 10.6. The van der Waals surface area contributed by atoms with Crippen molar-refractivity contribution < 1.29 is 14.3 Å². The van der Waals surface area contributed by atoms with Crippen molar-refractivity contribution in [2.75, 3.05) is 13.7 Å². The molecule has 0 bridgehead atoms. The predicted octanol–water partition coefficient (Wildman–Crippen LogP) is 1.27. The molecule has 0 fully saturated rings. The molecule has 0 atom stereocenters. The van der Waals surface area contributed by atoms with Gasteiger partial charge in [0, 0.05) is 6.54 Å². The van der Waals surface area contributed by atoms with Crippen molar-refractivity contribution in [3.63, 3.8) is 0 Å². The third-order valence-electron chi connectivity index (χ3n) is 2.20. The van der Waals surface area contributed by atoms with E-state index in [2.05, 4.69) is 16.6 Å². The van der Waals surface area contributed by atoms with E-state index in [1.165, 1.54) is 13.2 Å². The van der Waals surface area contributed by atoms with E-state index < -0.39 is 5.41 Å². The van der Waals surface area contributed by atoms with Gasteiger partial charge in [-0.05, 0) is 32.8 Å². The van der Waals surface area contributed by atoms with Crippen LogP contribution in [0.3, 0.4) is 0 Å². The van der Waals surface area contributed by atoms with Crippen molar-refractivity contribution >= 4 is 11.9 Å². The van der Waals surface area contributed by atoms with Crippen molar-refractivity contribution in [2.24, 2.45) is 5.41 Å². The molecule has 0 aliphatic heterocycles. The number of rotatable bonds is 6. The summed E-state index contributed by atoms with van der Waals surface area (Å²) in [7, 11) is 1.38. The van der Waals surface area contributed by atoms with Gasteiger partial charge in [-0.25, -0.2) is 0 Å². The number of hydrogen-bond donors (Lipinski definition) is 1. The summed E-state index contributed by atoms with van der Waals surface area (Å²) in [4.78, 5) is 22.1. The van der Waals surface area contributed by atoms with Crippen molar-refractivity contribution in [3.05, 3.63) is 12.7 Å². The molecule has 0 unspecified atom stereocenters. The number of ether oxygens (including phenoxy) is 1. The van der Waals surface area contributed by atoms with E-state index in [1.807, 2.05) is 13.8 Å². The highest BCUT2D eigenvalue weighted by molar-refractivity contribution is 5.86. The molecular weight excluding hydrogens is 194 g/mol. The van der Waals surface area contributed by atoms with Gasteiger partial charge in [0.1, 0.15) is 0 Å². The maximum absolute atomic E-state index is 11.3. The Hall–Kier alpha value is -1.32. The van der Waals surface area contributed by atoms with Crippen LogP contribution in [-0.4, -0.2) is 25.5 Å². The van der Waals surface area contributed by atoms with Gasteiger partial charge in [0.15, 0.2) is 0 Å². The number of amides is 1. The van der Waals surface area contributed by atoms with E-state index >= 15 is 0 Å². The topological polar surface area (TPSA) is 55.4 Å².